The minimum atomic E-state index is 0. The van der Waals surface area contributed by atoms with Crippen LogP contribution in [0.4, 0.5) is 0 Å². The van der Waals surface area contributed by atoms with E-state index in [1.54, 1.807) is 0 Å². The van der Waals surface area contributed by atoms with Crippen molar-refractivity contribution in [1.82, 2.24) is 10.2 Å². The van der Waals surface area contributed by atoms with Gasteiger partial charge in [-0.05, 0) is 32.2 Å². The molecule has 1 saturated heterocycles. The number of nitrogens with one attached hydrogen (secondary N) is 1. The number of amides is 1. The lowest BCUT2D eigenvalue weighted by molar-refractivity contribution is -0.123. The van der Waals surface area contributed by atoms with E-state index in [0.29, 0.717) is 12.6 Å². The molecule has 0 bridgehead atoms. The largest absolute Gasteiger partial charge is 0.352 e. The summed E-state index contributed by atoms with van der Waals surface area (Å²) in [5.74, 6) is 0.181. The molecule has 1 heterocycles. The number of nitrogens with two attached hydrogens (primary N) is 1. The van der Waals surface area contributed by atoms with Gasteiger partial charge >= 0.3 is 0 Å². The molecule has 2 aliphatic rings. The van der Waals surface area contributed by atoms with Crippen LogP contribution in [0.3, 0.4) is 0 Å². The van der Waals surface area contributed by atoms with E-state index in [4.69, 9.17) is 5.73 Å². The van der Waals surface area contributed by atoms with Crippen LogP contribution in [0.25, 0.3) is 0 Å². The number of likely N-dealkylation sites (tertiary alicyclic amines) is 1. The summed E-state index contributed by atoms with van der Waals surface area (Å²) in [5.41, 5.74) is 5.89. The maximum absolute atomic E-state index is 11.8. The van der Waals surface area contributed by atoms with Crippen LogP contribution in [0.1, 0.15) is 38.5 Å². The number of piperidine rings is 1. The summed E-state index contributed by atoms with van der Waals surface area (Å²) in [5, 5.41) is 3.12. The highest BCUT2D eigenvalue weighted by Crippen LogP contribution is 2.17. The fourth-order valence-corrected chi connectivity index (χ4v) is 2.78. The van der Waals surface area contributed by atoms with Gasteiger partial charge < -0.3 is 11.1 Å². The van der Waals surface area contributed by atoms with Crippen molar-refractivity contribution in [3.63, 3.8) is 0 Å². The molecule has 3 N–H and O–H groups in total. The van der Waals surface area contributed by atoms with Crippen molar-refractivity contribution < 1.29 is 4.79 Å². The number of nitrogens with zero attached hydrogens (tertiary/aromatic N) is 1. The lowest BCUT2D eigenvalue weighted by Crippen LogP contribution is -2.48. The molecule has 2 fully saturated rings. The maximum atomic E-state index is 11.8. The van der Waals surface area contributed by atoms with Crippen molar-refractivity contribution in [1.29, 1.82) is 0 Å². The zero-order valence-electron chi connectivity index (χ0n) is 10.4. The Bertz CT molecular complexity index is 244. The van der Waals surface area contributed by atoms with Gasteiger partial charge in [0.25, 0.3) is 0 Å². The number of rotatable bonds is 3. The van der Waals surface area contributed by atoms with Crippen molar-refractivity contribution in [2.24, 2.45) is 5.73 Å². The molecule has 4 nitrogen and oxygen atoms in total. The zero-order chi connectivity index (χ0) is 11.4. The Labute approximate surface area is 110 Å². The van der Waals surface area contributed by atoms with Gasteiger partial charge in [-0.25, -0.2) is 0 Å². The monoisotopic (exact) mass is 261 g/mol. The van der Waals surface area contributed by atoms with Gasteiger partial charge in [0.05, 0.1) is 6.54 Å². The average Bonchev–Trinajstić information content (AvgIpc) is 2.70. The molecule has 2 rings (SSSR count). The molecule has 1 aliphatic heterocycles. The minimum Gasteiger partial charge on any atom is -0.352 e. The third-order valence-corrected chi connectivity index (χ3v) is 3.63. The van der Waals surface area contributed by atoms with E-state index in [1.807, 2.05) is 0 Å². The number of carbonyl (C=O) groups is 1. The maximum Gasteiger partial charge on any atom is 0.234 e. The van der Waals surface area contributed by atoms with Gasteiger partial charge in [-0.15, -0.1) is 12.4 Å². The molecule has 17 heavy (non-hydrogen) atoms. The minimum absolute atomic E-state index is 0. The van der Waals surface area contributed by atoms with Gasteiger partial charge in [-0.2, -0.15) is 0 Å². The molecule has 5 heteroatoms. The summed E-state index contributed by atoms with van der Waals surface area (Å²) in [7, 11) is 0. The molecule has 0 spiro atoms. The smallest absolute Gasteiger partial charge is 0.234 e. The molecule has 0 aromatic rings. The molecular formula is C12H24ClN3O. The molecule has 0 radical (unpaired) electrons. The van der Waals surface area contributed by atoms with Crippen LogP contribution >= 0.6 is 12.4 Å². The average molecular weight is 262 g/mol. The Morgan fingerprint density at radius 1 is 1.24 bits per heavy atom. The summed E-state index contributed by atoms with van der Waals surface area (Å²) in [4.78, 5) is 14.0. The van der Waals surface area contributed by atoms with Crippen LogP contribution < -0.4 is 11.1 Å². The van der Waals surface area contributed by atoms with Gasteiger partial charge in [0.2, 0.25) is 5.91 Å². The van der Waals surface area contributed by atoms with Crippen molar-refractivity contribution >= 4 is 18.3 Å². The fraction of sp³-hybridized carbons (Fsp3) is 0.917. The highest BCUT2D eigenvalue weighted by Gasteiger charge is 2.21. The van der Waals surface area contributed by atoms with Crippen molar-refractivity contribution in [2.45, 2.75) is 50.6 Å². The van der Waals surface area contributed by atoms with Crippen LogP contribution in [0.15, 0.2) is 0 Å². The van der Waals surface area contributed by atoms with E-state index in [1.165, 1.54) is 12.8 Å². The summed E-state index contributed by atoms with van der Waals surface area (Å²) < 4.78 is 0. The van der Waals surface area contributed by atoms with Crippen LogP contribution in [0.2, 0.25) is 0 Å². The number of hydrogen-bond donors (Lipinski definition) is 2. The van der Waals surface area contributed by atoms with E-state index in [-0.39, 0.29) is 24.4 Å². The number of carbonyl (C=O) groups excluding carboxylic acids is 1. The Hall–Kier alpha value is -0.320. The number of halogens is 1. The van der Waals surface area contributed by atoms with E-state index >= 15 is 0 Å². The molecule has 100 valence electrons. The van der Waals surface area contributed by atoms with Crippen LogP contribution in [-0.2, 0) is 4.79 Å². The lowest BCUT2D eigenvalue weighted by atomic mass is 10.1. The van der Waals surface area contributed by atoms with Gasteiger partial charge in [0.15, 0.2) is 0 Å². The van der Waals surface area contributed by atoms with Crippen LogP contribution in [0.5, 0.6) is 0 Å². The van der Waals surface area contributed by atoms with Crippen molar-refractivity contribution in [3.8, 4) is 0 Å². The van der Waals surface area contributed by atoms with E-state index in [2.05, 4.69) is 10.2 Å². The van der Waals surface area contributed by atoms with E-state index < -0.39 is 0 Å². The van der Waals surface area contributed by atoms with Gasteiger partial charge in [0, 0.05) is 18.6 Å². The standard InChI is InChI=1S/C12H23N3O.ClH/c13-10-4-3-7-15(8-10)9-12(16)14-11-5-1-2-6-11;/h10-11H,1-9,13H2,(H,14,16);1H/t10-;/m1./s1. The SMILES string of the molecule is Cl.N[C@@H]1CCCN(CC(=O)NC2CCCC2)C1. The second kappa shape index (κ2) is 7.19. The molecular weight excluding hydrogens is 238 g/mol. The molecule has 1 atom stereocenters. The van der Waals surface area contributed by atoms with Gasteiger partial charge in [-0.3, -0.25) is 9.69 Å². The molecule has 0 unspecified atom stereocenters. The summed E-state index contributed by atoms with van der Waals surface area (Å²) in [6.07, 6.45) is 7.06. The predicted octanol–water partition coefficient (Wildman–Crippen LogP) is 0.890. The lowest BCUT2D eigenvalue weighted by Gasteiger charge is -2.30. The second-order valence-electron chi connectivity index (χ2n) is 5.19. The van der Waals surface area contributed by atoms with Gasteiger partial charge in [-0.1, -0.05) is 12.8 Å². The first kappa shape index (κ1) is 14.7. The molecule has 0 aromatic carbocycles. The highest BCUT2D eigenvalue weighted by molar-refractivity contribution is 5.85. The highest BCUT2D eigenvalue weighted by atomic mass is 35.5. The first-order valence-corrected chi connectivity index (χ1v) is 6.51. The van der Waals surface area contributed by atoms with E-state index in [9.17, 15) is 4.79 Å². The fourth-order valence-electron chi connectivity index (χ4n) is 2.78. The normalized spacial score (nSPS) is 26.5. The molecule has 1 saturated carbocycles. The Kier molecular flexibility index (Phi) is 6.23. The van der Waals surface area contributed by atoms with Crippen molar-refractivity contribution in [2.75, 3.05) is 19.6 Å². The van der Waals surface area contributed by atoms with E-state index in [0.717, 1.165) is 38.8 Å². The Balaban J connectivity index is 0.00000144. The van der Waals surface area contributed by atoms with Gasteiger partial charge in [0.1, 0.15) is 0 Å². The molecule has 0 aromatic heterocycles. The molecule has 1 aliphatic carbocycles. The summed E-state index contributed by atoms with van der Waals surface area (Å²) >= 11 is 0. The van der Waals surface area contributed by atoms with Crippen molar-refractivity contribution in [3.05, 3.63) is 0 Å². The summed E-state index contributed by atoms with van der Waals surface area (Å²) in [6.45, 7) is 2.42. The number of hydrogen-bond acceptors (Lipinski definition) is 3. The molecule has 1 amide bonds. The Morgan fingerprint density at radius 2 is 1.94 bits per heavy atom. The van der Waals surface area contributed by atoms with Crippen LogP contribution in [0, 0.1) is 0 Å². The second-order valence-corrected chi connectivity index (χ2v) is 5.19. The van der Waals surface area contributed by atoms with Crippen LogP contribution in [-0.4, -0.2) is 42.5 Å². The predicted molar refractivity (Wildman–Crippen MR) is 71.3 cm³/mol. The summed E-state index contributed by atoms with van der Waals surface area (Å²) in [6, 6.07) is 0.694. The topological polar surface area (TPSA) is 58.4 Å². The quantitative estimate of drug-likeness (QED) is 0.793. The third-order valence-electron chi connectivity index (χ3n) is 3.63. The Morgan fingerprint density at radius 3 is 2.59 bits per heavy atom. The third kappa shape index (κ3) is 4.82. The first-order valence-electron chi connectivity index (χ1n) is 6.51. The first-order chi connectivity index (χ1) is 7.74. The zero-order valence-corrected chi connectivity index (χ0v) is 11.2.